The van der Waals surface area contributed by atoms with Crippen molar-refractivity contribution in [3.63, 3.8) is 0 Å². The van der Waals surface area contributed by atoms with Crippen LogP contribution in [-0.2, 0) is 5.54 Å². The Bertz CT molecular complexity index is 775. The smallest absolute Gasteiger partial charge is 0.231 e. The zero-order chi connectivity index (χ0) is 15.2. The van der Waals surface area contributed by atoms with Crippen molar-refractivity contribution in [1.29, 1.82) is 0 Å². The molecule has 1 aromatic carbocycles. The molecule has 4 nitrogen and oxygen atoms in total. The van der Waals surface area contributed by atoms with E-state index in [2.05, 4.69) is 19.1 Å². The Balaban J connectivity index is 1.89. The predicted molar refractivity (Wildman–Crippen MR) is 87.9 cm³/mol. The van der Waals surface area contributed by atoms with Crippen LogP contribution in [0, 0.1) is 6.92 Å². The Labute approximate surface area is 133 Å². The fourth-order valence-corrected chi connectivity index (χ4v) is 3.91. The van der Waals surface area contributed by atoms with Gasteiger partial charge in [-0.3, -0.25) is 9.98 Å². The molecule has 0 aliphatic carbocycles. The lowest BCUT2D eigenvalue weighted by Gasteiger charge is -2.26. The number of aromatic nitrogens is 1. The second kappa shape index (κ2) is 5.02. The average Bonchev–Trinajstić information content (AvgIpc) is 3.13. The van der Waals surface area contributed by atoms with Crippen LogP contribution in [0.3, 0.4) is 0 Å². The van der Waals surface area contributed by atoms with E-state index in [-0.39, 0.29) is 6.79 Å². The topological polar surface area (TPSA) is 43.7 Å². The molecule has 3 heterocycles. The van der Waals surface area contributed by atoms with Gasteiger partial charge in [0.25, 0.3) is 0 Å². The van der Waals surface area contributed by atoms with Gasteiger partial charge >= 0.3 is 0 Å². The summed E-state index contributed by atoms with van der Waals surface area (Å²) < 4.78 is 10.9. The van der Waals surface area contributed by atoms with Crippen LogP contribution in [0.15, 0.2) is 41.4 Å². The Morgan fingerprint density at radius 3 is 2.73 bits per heavy atom. The first kappa shape index (κ1) is 13.6. The number of nitrogens with zero attached hydrogens (tertiary/aromatic N) is 2. The summed E-state index contributed by atoms with van der Waals surface area (Å²) >= 11 is 1.77. The molecule has 2 aliphatic heterocycles. The van der Waals surface area contributed by atoms with Gasteiger partial charge in [-0.05, 0) is 43.7 Å². The molecule has 0 saturated heterocycles. The van der Waals surface area contributed by atoms with Gasteiger partial charge in [0.05, 0.1) is 10.7 Å². The molecular formula is C17H16N2O2S. The van der Waals surface area contributed by atoms with Crippen molar-refractivity contribution in [2.75, 3.05) is 12.5 Å². The van der Waals surface area contributed by atoms with Crippen LogP contribution in [-0.4, -0.2) is 22.6 Å². The molecule has 0 radical (unpaired) electrons. The molecule has 0 spiro atoms. The largest absolute Gasteiger partial charge is 0.454 e. The van der Waals surface area contributed by atoms with E-state index in [9.17, 15) is 0 Å². The van der Waals surface area contributed by atoms with Crippen molar-refractivity contribution in [1.82, 2.24) is 4.98 Å². The molecule has 4 rings (SSSR count). The van der Waals surface area contributed by atoms with E-state index < -0.39 is 5.54 Å². The molecule has 0 bridgehead atoms. The summed E-state index contributed by atoms with van der Waals surface area (Å²) in [6.45, 7) is 4.34. The van der Waals surface area contributed by atoms with Crippen LogP contribution in [0.2, 0.25) is 0 Å². The van der Waals surface area contributed by atoms with E-state index in [0.717, 1.165) is 39.2 Å². The van der Waals surface area contributed by atoms with E-state index in [0.29, 0.717) is 0 Å². The molecule has 112 valence electrons. The van der Waals surface area contributed by atoms with E-state index in [4.69, 9.17) is 19.5 Å². The first-order chi connectivity index (χ1) is 10.7. The normalized spacial score (nSPS) is 22.7. The van der Waals surface area contributed by atoms with Crippen molar-refractivity contribution in [3.05, 3.63) is 53.3 Å². The second-order valence-corrected chi connectivity index (χ2v) is 6.68. The summed E-state index contributed by atoms with van der Waals surface area (Å²) in [6, 6.07) is 12.2. The number of fused-ring (bicyclic) bond motifs is 1. The van der Waals surface area contributed by atoms with Gasteiger partial charge in [-0.2, -0.15) is 0 Å². The number of pyridine rings is 1. The fourth-order valence-electron chi connectivity index (χ4n) is 2.90. The highest BCUT2D eigenvalue weighted by Gasteiger charge is 2.40. The van der Waals surface area contributed by atoms with Crippen LogP contribution in [0.4, 0.5) is 0 Å². The number of aryl methyl sites for hydroxylation is 1. The van der Waals surface area contributed by atoms with Gasteiger partial charge in [-0.25, -0.2) is 0 Å². The van der Waals surface area contributed by atoms with E-state index >= 15 is 0 Å². The number of ether oxygens (including phenoxy) is 2. The van der Waals surface area contributed by atoms with Crippen LogP contribution in [0.25, 0.3) is 0 Å². The number of rotatable bonds is 2. The molecule has 1 unspecified atom stereocenters. The Hall–Kier alpha value is -2.01. The van der Waals surface area contributed by atoms with Gasteiger partial charge in [0.1, 0.15) is 5.54 Å². The standard InChI is InChI=1S/C17H16N2O2S/c1-11-4-3-5-16(18-11)17(9-22-12(2)19-17)13-6-7-14-15(8-13)21-10-20-14/h3-8H,9-10H2,1-2H3. The lowest BCUT2D eigenvalue weighted by Crippen LogP contribution is -2.27. The van der Waals surface area contributed by atoms with Crippen LogP contribution in [0.5, 0.6) is 11.5 Å². The fraction of sp³-hybridized carbons (Fsp3) is 0.294. The van der Waals surface area contributed by atoms with E-state index in [1.807, 2.05) is 31.2 Å². The number of aliphatic imine (C=N–C) groups is 1. The maximum absolute atomic E-state index is 5.53. The van der Waals surface area contributed by atoms with Gasteiger partial charge in [0, 0.05) is 11.4 Å². The number of benzene rings is 1. The number of hydrogen-bond donors (Lipinski definition) is 0. The minimum atomic E-state index is -0.443. The Morgan fingerprint density at radius 2 is 1.95 bits per heavy atom. The minimum absolute atomic E-state index is 0.283. The first-order valence-corrected chi connectivity index (χ1v) is 8.19. The number of thioether (sulfide) groups is 1. The average molecular weight is 312 g/mol. The third-order valence-corrected chi connectivity index (χ3v) is 5.07. The minimum Gasteiger partial charge on any atom is -0.454 e. The second-order valence-electron chi connectivity index (χ2n) is 5.51. The van der Waals surface area contributed by atoms with E-state index in [1.54, 1.807) is 11.8 Å². The summed E-state index contributed by atoms with van der Waals surface area (Å²) in [5.74, 6) is 2.44. The van der Waals surface area contributed by atoms with Crippen molar-refractivity contribution >= 4 is 16.8 Å². The summed E-state index contributed by atoms with van der Waals surface area (Å²) in [5, 5.41) is 1.08. The molecule has 5 heteroatoms. The first-order valence-electron chi connectivity index (χ1n) is 7.21. The summed E-state index contributed by atoms with van der Waals surface area (Å²) in [7, 11) is 0. The molecule has 0 fully saturated rings. The zero-order valence-corrected chi connectivity index (χ0v) is 13.3. The van der Waals surface area contributed by atoms with Gasteiger partial charge in [0.2, 0.25) is 6.79 Å². The molecule has 0 amide bonds. The monoisotopic (exact) mass is 312 g/mol. The third-order valence-electron chi connectivity index (χ3n) is 4.00. The highest BCUT2D eigenvalue weighted by molar-refractivity contribution is 8.14. The summed E-state index contributed by atoms with van der Waals surface area (Å²) in [5.41, 5.74) is 2.64. The highest BCUT2D eigenvalue weighted by Crippen LogP contribution is 2.44. The molecule has 2 aromatic rings. The maximum atomic E-state index is 5.53. The molecule has 0 saturated carbocycles. The SMILES string of the molecule is CC1=NC(c2ccc3c(c2)OCO3)(c2cccc(C)n2)CS1. The van der Waals surface area contributed by atoms with Crippen LogP contribution < -0.4 is 9.47 Å². The van der Waals surface area contributed by atoms with Gasteiger partial charge in [0.15, 0.2) is 11.5 Å². The quantitative estimate of drug-likeness (QED) is 0.851. The molecule has 22 heavy (non-hydrogen) atoms. The molecule has 2 aliphatic rings. The third kappa shape index (κ3) is 2.08. The van der Waals surface area contributed by atoms with Crippen LogP contribution in [0.1, 0.15) is 23.9 Å². The van der Waals surface area contributed by atoms with Gasteiger partial charge in [-0.15, -0.1) is 11.8 Å². The van der Waals surface area contributed by atoms with Crippen LogP contribution >= 0.6 is 11.8 Å². The molecule has 0 N–H and O–H groups in total. The van der Waals surface area contributed by atoms with Crippen molar-refractivity contribution < 1.29 is 9.47 Å². The van der Waals surface area contributed by atoms with Gasteiger partial charge < -0.3 is 9.47 Å². The summed E-state index contributed by atoms with van der Waals surface area (Å²) in [6.07, 6.45) is 0. The summed E-state index contributed by atoms with van der Waals surface area (Å²) in [4.78, 5) is 9.69. The lowest BCUT2D eigenvalue weighted by molar-refractivity contribution is 0.174. The molecule has 1 atom stereocenters. The highest BCUT2D eigenvalue weighted by atomic mass is 32.2. The predicted octanol–water partition coefficient (Wildman–Crippen LogP) is 3.53. The zero-order valence-electron chi connectivity index (χ0n) is 12.5. The Morgan fingerprint density at radius 1 is 1.09 bits per heavy atom. The van der Waals surface area contributed by atoms with E-state index in [1.165, 1.54) is 0 Å². The van der Waals surface area contributed by atoms with Crippen molar-refractivity contribution in [2.45, 2.75) is 19.4 Å². The van der Waals surface area contributed by atoms with Gasteiger partial charge in [-0.1, -0.05) is 12.1 Å². The number of hydrogen-bond acceptors (Lipinski definition) is 5. The molecule has 1 aromatic heterocycles. The Kier molecular flexibility index (Phi) is 3.11. The maximum Gasteiger partial charge on any atom is 0.231 e. The van der Waals surface area contributed by atoms with Crippen molar-refractivity contribution in [3.8, 4) is 11.5 Å². The molecular weight excluding hydrogens is 296 g/mol. The van der Waals surface area contributed by atoms with Crippen molar-refractivity contribution in [2.24, 2.45) is 4.99 Å². The lowest BCUT2D eigenvalue weighted by atomic mass is 9.88.